The molecule has 0 aliphatic carbocycles. The molecule has 3 rings (SSSR count). The number of hydrogen-bond donors (Lipinski definition) is 3. The van der Waals surface area contributed by atoms with Gasteiger partial charge in [-0.3, -0.25) is 14.4 Å². The van der Waals surface area contributed by atoms with Gasteiger partial charge in [0.05, 0.1) is 31.4 Å². The van der Waals surface area contributed by atoms with Crippen molar-refractivity contribution in [1.82, 2.24) is 15.2 Å². The fraction of sp³-hybridized carbons (Fsp3) is 0.520. The van der Waals surface area contributed by atoms with Crippen molar-refractivity contribution in [1.29, 1.82) is 0 Å². The highest BCUT2D eigenvalue weighted by Gasteiger charge is 2.27. The minimum atomic E-state index is -0.907. The van der Waals surface area contributed by atoms with Crippen molar-refractivity contribution in [2.75, 3.05) is 53.2 Å². The van der Waals surface area contributed by atoms with E-state index >= 15 is 0 Å². The molecule has 1 atom stereocenters. The standard InChI is InChI=1S/C25H34N4O7S/c1-34-10-11-35-12-13-36-15-22(31)29-8-6-18(7-9-29)25-28-21(16-37-25)24(33)27-20(23(26)32)14-17-2-4-19(30)5-3-17/h2-5,16,18,20,30H,6-15H2,1H3,(H2,26,32)(H,27,33). The molecule has 1 aliphatic heterocycles. The normalized spacial score (nSPS) is 14.9. The van der Waals surface area contributed by atoms with E-state index in [4.69, 9.17) is 19.9 Å². The van der Waals surface area contributed by atoms with Crippen molar-refractivity contribution in [2.45, 2.75) is 31.2 Å². The lowest BCUT2D eigenvalue weighted by molar-refractivity contribution is -0.137. The zero-order valence-electron chi connectivity index (χ0n) is 20.9. The number of nitrogens with one attached hydrogen (secondary N) is 1. The van der Waals surface area contributed by atoms with Crippen LogP contribution >= 0.6 is 11.3 Å². The van der Waals surface area contributed by atoms with Crippen LogP contribution in [0.4, 0.5) is 0 Å². The lowest BCUT2D eigenvalue weighted by Gasteiger charge is -2.31. The Labute approximate surface area is 219 Å². The Kier molecular flexibility index (Phi) is 11.3. The van der Waals surface area contributed by atoms with E-state index in [1.807, 2.05) is 0 Å². The Balaban J connectivity index is 1.43. The van der Waals surface area contributed by atoms with Gasteiger partial charge in [-0.1, -0.05) is 12.1 Å². The van der Waals surface area contributed by atoms with Gasteiger partial charge in [-0.05, 0) is 30.5 Å². The Hall–Kier alpha value is -3.06. The number of likely N-dealkylation sites (tertiary alicyclic amines) is 1. The largest absolute Gasteiger partial charge is 0.508 e. The molecule has 11 nitrogen and oxygen atoms in total. The number of primary amides is 1. The first-order valence-corrected chi connectivity index (χ1v) is 13.0. The molecule has 1 saturated heterocycles. The summed E-state index contributed by atoms with van der Waals surface area (Å²) >= 11 is 1.39. The second-order valence-electron chi connectivity index (χ2n) is 8.68. The van der Waals surface area contributed by atoms with Gasteiger partial charge in [-0.25, -0.2) is 4.98 Å². The molecule has 2 aromatic rings. The molecule has 0 spiro atoms. The third-order valence-corrected chi connectivity index (χ3v) is 7.01. The highest BCUT2D eigenvalue weighted by atomic mass is 32.1. The Morgan fingerprint density at radius 2 is 1.81 bits per heavy atom. The summed E-state index contributed by atoms with van der Waals surface area (Å²) in [5.41, 5.74) is 6.48. The molecule has 1 fully saturated rings. The summed E-state index contributed by atoms with van der Waals surface area (Å²) in [6, 6.07) is 5.44. The van der Waals surface area contributed by atoms with Crippen molar-refractivity contribution in [3.8, 4) is 5.75 Å². The van der Waals surface area contributed by atoms with Crippen molar-refractivity contribution < 1.29 is 33.7 Å². The number of phenols is 1. The molecule has 37 heavy (non-hydrogen) atoms. The van der Waals surface area contributed by atoms with E-state index in [0.29, 0.717) is 39.5 Å². The number of carbonyl (C=O) groups is 3. The summed E-state index contributed by atoms with van der Waals surface area (Å²) < 4.78 is 15.6. The van der Waals surface area contributed by atoms with Gasteiger partial charge in [0.1, 0.15) is 24.1 Å². The highest BCUT2D eigenvalue weighted by molar-refractivity contribution is 7.09. The van der Waals surface area contributed by atoms with E-state index in [-0.39, 0.29) is 36.3 Å². The maximum atomic E-state index is 12.7. The number of aromatic hydroxyl groups is 1. The van der Waals surface area contributed by atoms with E-state index in [0.717, 1.165) is 23.4 Å². The lowest BCUT2D eigenvalue weighted by Crippen LogP contribution is -2.46. The highest BCUT2D eigenvalue weighted by Crippen LogP contribution is 2.30. The predicted octanol–water partition coefficient (Wildman–Crippen LogP) is 1.06. The molecule has 202 valence electrons. The second kappa shape index (κ2) is 14.6. The average molecular weight is 535 g/mol. The molecule has 12 heteroatoms. The third kappa shape index (κ3) is 9.08. The number of piperidine rings is 1. The minimum Gasteiger partial charge on any atom is -0.508 e. The number of aromatic nitrogens is 1. The molecular formula is C25H34N4O7S. The van der Waals surface area contributed by atoms with Gasteiger partial charge in [0.25, 0.3) is 5.91 Å². The summed E-state index contributed by atoms with van der Waals surface area (Å²) in [4.78, 5) is 43.3. The van der Waals surface area contributed by atoms with Crippen LogP contribution in [-0.4, -0.2) is 92.0 Å². The number of phenolic OH excluding ortho intramolecular Hbond substituents is 1. The van der Waals surface area contributed by atoms with Crippen LogP contribution < -0.4 is 11.1 Å². The summed E-state index contributed by atoms with van der Waals surface area (Å²) in [5, 5.41) is 14.6. The van der Waals surface area contributed by atoms with Crippen molar-refractivity contribution in [3.63, 3.8) is 0 Å². The topological polar surface area (TPSA) is 153 Å². The number of nitrogens with two attached hydrogens (primary N) is 1. The third-order valence-electron chi connectivity index (χ3n) is 6.01. The second-order valence-corrected chi connectivity index (χ2v) is 9.57. The first kappa shape index (κ1) is 28.5. The van der Waals surface area contributed by atoms with Crippen molar-refractivity contribution in [2.24, 2.45) is 5.73 Å². The summed E-state index contributed by atoms with van der Waals surface area (Å²) in [6.45, 7) is 2.98. The average Bonchev–Trinajstić information content (AvgIpc) is 3.39. The number of benzene rings is 1. The number of carbonyl (C=O) groups excluding carboxylic acids is 3. The molecule has 0 bridgehead atoms. The lowest BCUT2D eigenvalue weighted by atomic mass is 9.97. The maximum absolute atomic E-state index is 12.7. The van der Waals surface area contributed by atoms with E-state index < -0.39 is 17.9 Å². The Morgan fingerprint density at radius 3 is 2.49 bits per heavy atom. The fourth-order valence-corrected chi connectivity index (χ4v) is 4.86. The van der Waals surface area contributed by atoms with Gasteiger partial charge in [-0.15, -0.1) is 11.3 Å². The van der Waals surface area contributed by atoms with Gasteiger partial charge < -0.3 is 35.3 Å². The number of thiazole rings is 1. The molecule has 0 radical (unpaired) electrons. The van der Waals surface area contributed by atoms with E-state index in [9.17, 15) is 19.5 Å². The summed E-state index contributed by atoms with van der Waals surface area (Å²) in [6.07, 6.45) is 1.69. The number of ether oxygens (including phenoxy) is 3. The van der Waals surface area contributed by atoms with Crippen LogP contribution in [0.1, 0.15) is 39.8 Å². The zero-order valence-corrected chi connectivity index (χ0v) is 21.7. The first-order valence-electron chi connectivity index (χ1n) is 12.1. The molecule has 4 N–H and O–H groups in total. The van der Waals surface area contributed by atoms with Crippen molar-refractivity contribution >= 4 is 29.1 Å². The van der Waals surface area contributed by atoms with Gasteiger partial charge in [-0.2, -0.15) is 0 Å². The van der Waals surface area contributed by atoms with Crippen LogP contribution in [0.3, 0.4) is 0 Å². The van der Waals surface area contributed by atoms with Gasteiger partial charge in [0.15, 0.2) is 0 Å². The Morgan fingerprint density at radius 1 is 1.14 bits per heavy atom. The maximum Gasteiger partial charge on any atom is 0.271 e. The number of nitrogens with zero attached hydrogens (tertiary/aromatic N) is 2. The quantitative estimate of drug-likeness (QED) is 0.304. The van der Waals surface area contributed by atoms with E-state index in [1.54, 1.807) is 29.5 Å². The summed E-state index contributed by atoms with van der Waals surface area (Å²) in [5.74, 6) is -0.922. The van der Waals surface area contributed by atoms with E-state index in [1.165, 1.54) is 23.5 Å². The van der Waals surface area contributed by atoms with Crippen LogP contribution in [0.25, 0.3) is 0 Å². The van der Waals surface area contributed by atoms with Crippen molar-refractivity contribution in [3.05, 3.63) is 45.9 Å². The minimum absolute atomic E-state index is 0.0189. The van der Waals surface area contributed by atoms with Gasteiger partial charge in [0.2, 0.25) is 11.8 Å². The molecule has 1 aliphatic rings. The van der Waals surface area contributed by atoms with Crippen LogP contribution in [0.5, 0.6) is 5.75 Å². The molecule has 1 unspecified atom stereocenters. The number of rotatable bonds is 14. The predicted molar refractivity (Wildman–Crippen MR) is 136 cm³/mol. The number of methoxy groups -OCH3 is 1. The molecule has 0 saturated carbocycles. The van der Waals surface area contributed by atoms with Crippen LogP contribution in [0.2, 0.25) is 0 Å². The molecule has 2 heterocycles. The molecule has 3 amide bonds. The van der Waals surface area contributed by atoms with Crippen LogP contribution in [-0.2, 0) is 30.2 Å². The van der Waals surface area contributed by atoms with Crippen LogP contribution in [0.15, 0.2) is 29.6 Å². The monoisotopic (exact) mass is 534 g/mol. The SMILES string of the molecule is COCCOCCOCC(=O)N1CCC(c2nc(C(=O)NC(Cc3ccc(O)cc3)C(N)=O)cs2)CC1. The fourth-order valence-electron chi connectivity index (χ4n) is 3.89. The molecule has 1 aromatic heterocycles. The zero-order chi connectivity index (χ0) is 26.6. The Bertz CT molecular complexity index is 1020. The summed E-state index contributed by atoms with van der Waals surface area (Å²) in [7, 11) is 1.61. The molecular weight excluding hydrogens is 500 g/mol. The first-order chi connectivity index (χ1) is 17.9. The number of amides is 3. The van der Waals surface area contributed by atoms with Crippen LogP contribution in [0, 0.1) is 0 Å². The van der Waals surface area contributed by atoms with Gasteiger partial charge >= 0.3 is 0 Å². The smallest absolute Gasteiger partial charge is 0.271 e. The number of hydrogen-bond acceptors (Lipinski definition) is 9. The van der Waals surface area contributed by atoms with Gasteiger partial charge in [0, 0.05) is 37.9 Å². The molecule has 1 aromatic carbocycles. The van der Waals surface area contributed by atoms with E-state index in [2.05, 4.69) is 10.3 Å².